The number of hydrogen-bond acceptors (Lipinski definition) is 3. The van der Waals surface area contributed by atoms with Crippen LogP contribution >= 0.6 is 0 Å². The predicted octanol–water partition coefficient (Wildman–Crippen LogP) is 4.91. The monoisotopic (exact) mass is 454 g/mol. The lowest BCUT2D eigenvalue weighted by molar-refractivity contribution is -0.120. The summed E-state index contributed by atoms with van der Waals surface area (Å²) in [6.45, 7) is 5.44. The quantitative estimate of drug-likeness (QED) is 0.526. The van der Waals surface area contributed by atoms with Crippen molar-refractivity contribution in [2.24, 2.45) is 0 Å². The summed E-state index contributed by atoms with van der Waals surface area (Å²) in [6, 6.07) is 19.1. The summed E-state index contributed by atoms with van der Waals surface area (Å²) in [5.74, 6) is -0.962. The van der Waals surface area contributed by atoms with Gasteiger partial charge in [-0.1, -0.05) is 54.4 Å². The Labute approximate surface area is 188 Å². The van der Waals surface area contributed by atoms with Crippen LogP contribution in [0.15, 0.2) is 77.7 Å². The zero-order valence-corrected chi connectivity index (χ0v) is 19.2. The van der Waals surface area contributed by atoms with Crippen LogP contribution in [0.1, 0.15) is 36.1 Å². The van der Waals surface area contributed by atoms with Crippen molar-refractivity contribution in [2.75, 3.05) is 10.8 Å². The molecule has 3 aromatic rings. The first-order chi connectivity index (χ1) is 15.2. The SMILES string of the molecule is CC[C@@H](NC(=O)CN(c1ccc(C)cc1)S(=O)(=O)c1ccc(F)cc1)c1ccc(C)cc1. The number of nitrogens with one attached hydrogen (secondary N) is 1. The first kappa shape index (κ1) is 23.5. The van der Waals surface area contributed by atoms with Crippen LogP contribution in [0.3, 0.4) is 0 Å². The van der Waals surface area contributed by atoms with Crippen molar-refractivity contribution in [3.63, 3.8) is 0 Å². The van der Waals surface area contributed by atoms with E-state index in [-0.39, 0.29) is 10.9 Å². The molecule has 168 valence electrons. The lowest BCUT2D eigenvalue weighted by atomic mass is 10.0. The number of halogens is 1. The van der Waals surface area contributed by atoms with E-state index in [9.17, 15) is 17.6 Å². The number of nitrogens with zero attached hydrogens (tertiary/aromatic N) is 1. The minimum absolute atomic E-state index is 0.0853. The zero-order chi connectivity index (χ0) is 23.3. The molecule has 1 atom stereocenters. The predicted molar refractivity (Wildman–Crippen MR) is 124 cm³/mol. The van der Waals surface area contributed by atoms with Gasteiger partial charge in [0.2, 0.25) is 5.91 Å². The van der Waals surface area contributed by atoms with E-state index in [0.717, 1.165) is 33.1 Å². The average molecular weight is 455 g/mol. The maximum absolute atomic E-state index is 13.4. The molecule has 7 heteroatoms. The van der Waals surface area contributed by atoms with Crippen LogP contribution in [0.5, 0.6) is 0 Å². The lowest BCUT2D eigenvalue weighted by Gasteiger charge is -2.26. The second-order valence-electron chi connectivity index (χ2n) is 7.74. The van der Waals surface area contributed by atoms with Crippen molar-refractivity contribution in [3.05, 3.63) is 95.3 Å². The molecule has 0 aromatic heterocycles. The fourth-order valence-corrected chi connectivity index (χ4v) is 4.77. The van der Waals surface area contributed by atoms with Crippen molar-refractivity contribution in [1.29, 1.82) is 0 Å². The molecule has 3 aromatic carbocycles. The molecular weight excluding hydrogens is 427 g/mol. The van der Waals surface area contributed by atoms with Crippen molar-refractivity contribution < 1.29 is 17.6 Å². The van der Waals surface area contributed by atoms with Crippen LogP contribution in [0.25, 0.3) is 0 Å². The molecule has 0 spiro atoms. The summed E-state index contributed by atoms with van der Waals surface area (Å²) in [7, 11) is -4.09. The standard InChI is InChI=1S/C25H27FN2O3S/c1-4-24(20-9-5-18(2)6-10-20)27-25(29)17-28(22-13-7-19(3)8-14-22)32(30,31)23-15-11-21(26)12-16-23/h5-16,24H,4,17H2,1-3H3,(H,27,29)/t24-/m1/s1. The van der Waals surface area contributed by atoms with Gasteiger partial charge in [0.15, 0.2) is 0 Å². The maximum Gasteiger partial charge on any atom is 0.264 e. The number of aryl methyl sites for hydroxylation is 2. The van der Waals surface area contributed by atoms with E-state index >= 15 is 0 Å². The Morgan fingerprint density at radius 3 is 1.97 bits per heavy atom. The van der Waals surface area contributed by atoms with Crippen LogP contribution < -0.4 is 9.62 Å². The summed E-state index contributed by atoms with van der Waals surface area (Å²) in [5, 5.41) is 2.94. The smallest absolute Gasteiger partial charge is 0.264 e. The third kappa shape index (κ3) is 5.53. The maximum atomic E-state index is 13.4. The van der Waals surface area contributed by atoms with Gasteiger partial charge in [0, 0.05) is 0 Å². The third-order valence-corrected chi connectivity index (χ3v) is 7.02. The number of hydrogen-bond donors (Lipinski definition) is 1. The molecule has 3 rings (SSSR count). The largest absolute Gasteiger partial charge is 0.348 e. The molecule has 5 nitrogen and oxygen atoms in total. The number of carbonyl (C=O) groups is 1. The molecule has 0 radical (unpaired) electrons. The van der Waals surface area contributed by atoms with E-state index < -0.39 is 28.3 Å². The van der Waals surface area contributed by atoms with Crippen LogP contribution in [0.2, 0.25) is 0 Å². The van der Waals surface area contributed by atoms with E-state index in [1.165, 1.54) is 12.1 Å². The zero-order valence-electron chi connectivity index (χ0n) is 18.4. The van der Waals surface area contributed by atoms with Crippen LogP contribution in [-0.2, 0) is 14.8 Å². The summed E-state index contributed by atoms with van der Waals surface area (Å²) in [5.41, 5.74) is 3.39. The highest BCUT2D eigenvalue weighted by molar-refractivity contribution is 7.92. The van der Waals surface area contributed by atoms with E-state index in [1.807, 2.05) is 45.0 Å². The number of rotatable bonds is 8. The highest BCUT2D eigenvalue weighted by Gasteiger charge is 2.28. The Morgan fingerprint density at radius 2 is 1.44 bits per heavy atom. The van der Waals surface area contributed by atoms with Gasteiger partial charge in [0.1, 0.15) is 12.4 Å². The first-order valence-corrected chi connectivity index (χ1v) is 11.9. The van der Waals surface area contributed by atoms with Crippen LogP contribution in [0.4, 0.5) is 10.1 Å². The van der Waals surface area contributed by atoms with Gasteiger partial charge in [-0.05, 0) is 62.2 Å². The molecular formula is C25H27FN2O3S. The van der Waals surface area contributed by atoms with Crippen molar-refractivity contribution in [2.45, 2.75) is 38.1 Å². The molecule has 0 saturated heterocycles. The van der Waals surface area contributed by atoms with Gasteiger partial charge in [0.05, 0.1) is 16.6 Å². The Bertz CT molecular complexity index is 1160. The second-order valence-corrected chi connectivity index (χ2v) is 9.60. The summed E-state index contributed by atoms with van der Waals surface area (Å²) < 4.78 is 41.1. The minimum Gasteiger partial charge on any atom is -0.348 e. The number of benzene rings is 3. The number of amides is 1. The van der Waals surface area contributed by atoms with E-state index in [4.69, 9.17) is 0 Å². The van der Waals surface area contributed by atoms with Gasteiger partial charge in [0.25, 0.3) is 10.0 Å². The molecule has 0 heterocycles. The summed E-state index contributed by atoms with van der Waals surface area (Å²) in [6.07, 6.45) is 0.657. The molecule has 0 aliphatic heterocycles. The fourth-order valence-electron chi connectivity index (χ4n) is 3.35. The van der Waals surface area contributed by atoms with Gasteiger partial charge >= 0.3 is 0 Å². The molecule has 0 unspecified atom stereocenters. The van der Waals surface area contributed by atoms with Gasteiger partial charge in [-0.15, -0.1) is 0 Å². The highest BCUT2D eigenvalue weighted by atomic mass is 32.2. The molecule has 1 N–H and O–H groups in total. The molecule has 0 saturated carbocycles. The summed E-state index contributed by atoms with van der Waals surface area (Å²) >= 11 is 0. The Kier molecular flexibility index (Phi) is 7.30. The number of anilines is 1. The number of carbonyl (C=O) groups excluding carboxylic acids is 1. The summed E-state index contributed by atoms with van der Waals surface area (Å²) in [4.78, 5) is 12.9. The molecule has 32 heavy (non-hydrogen) atoms. The van der Waals surface area contributed by atoms with Crippen molar-refractivity contribution in [3.8, 4) is 0 Å². The van der Waals surface area contributed by atoms with Crippen LogP contribution in [-0.4, -0.2) is 20.9 Å². The van der Waals surface area contributed by atoms with Gasteiger partial charge < -0.3 is 5.32 Å². The topological polar surface area (TPSA) is 66.5 Å². The molecule has 0 fully saturated rings. The molecule has 1 amide bonds. The minimum atomic E-state index is -4.09. The molecule has 0 aliphatic carbocycles. The van der Waals surface area contributed by atoms with Crippen LogP contribution in [0, 0.1) is 19.7 Å². The Balaban J connectivity index is 1.89. The fraction of sp³-hybridized carbons (Fsp3) is 0.240. The number of sulfonamides is 1. The Morgan fingerprint density at radius 1 is 0.906 bits per heavy atom. The van der Waals surface area contributed by atoms with E-state index in [2.05, 4.69) is 5.32 Å². The Hall–Kier alpha value is -3.19. The first-order valence-electron chi connectivity index (χ1n) is 10.4. The molecule has 0 bridgehead atoms. The van der Waals surface area contributed by atoms with Crippen molar-refractivity contribution >= 4 is 21.6 Å². The lowest BCUT2D eigenvalue weighted by Crippen LogP contribution is -2.42. The second kappa shape index (κ2) is 9.96. The average Bonchev–Trinajstić information content (AvgIpc) is 2.77. The van der Waals surface area contributed by atoms with Gasteiger partial charge in [-0.3, -0.25) is 9.10 Å². The van der Waals surface area contributed by atoms with Gasteiger partial charge in [-0.25, -0.2) is 12.8 Å². The van der Waals surface area contributed by atoms with E-state index in [0.29, 0.717) is 12.1 Å². The van der Waals surface area contributed by atoms with Gasteiger partial charge in [-0.2, -0.15) is 0 Å². The van der Waals surface area contributed by atoms with E-state index in [1.54, 1.807) is 24.3 Å². The molecule has 0 aliphatic rings. The van der Waals surface area contributed by atoms with Crippen molar-refractivity contribution in [1.82, 2.24) is 5.32 Å². The third-order valence-electron chi connectivity index (χ3n) is 5.23. The normalized spacial score (nSPS) is 12.2. The highest BCUT2D eigenvalue weighted by Crippen LogP contribution is 2.25.